The lowest BCUT2D eigenvalue weighted by molar-refractivity contribution is 0.199. The second-order valence-corrected chi connectivity index (χ2v) is 4.11. The molecule has 0 radical (unpaired) electrons. The average Bonchev–Trinajstić information content (AvgIpc) is 2.16. The molecule has 0 fully saturated rings. The van der Waals surface area contributed by atoms with Gasteiger partial charge in [-0.1, -0.05) is 12.2 Å². The molecule has 0 amide bonds. The van der Waals surface area contributed by atoms with Crippen LogP contribution in [0.5, 0.6) is 5.75 Å². The predicted octanol–water partition coefficient (Wildman–Crippen LogP) is 2.65. The largest absolute Gasteiger partial charge is 0.489 e. The summed E-state index contributed by atoms with van der Waals surface area (Å²) in [6.07, 6.45) is 7.83. The molecule has 0 saturated heterocycles. The summed E-state index contributed by atoms with van der Waals surface area (Å²) in [4.78, 5) is 4.10. The van der Waals surface area contributed by atoms with Crippen molar-refractivity contribution in [2.45, 2.75) is 39.4 Å². The van der Waals surface area contributed by atoms with Gasteiger partial charge in [0, 0.05) is 6.20 Å². The minimum atomic E-state index is -0.306. The zero-order valence-corrected chi connectivity index (χ0v) is 10.1. The molecule has 1 atom stereocenters. The lowest BCUT2D eigenvalue weighted by Crippen LogP contribution is -2.05. The quantitative estimate of drug-likeness (QED) is 0.831. The fourth-order valence-corrected chi connectivity index (χ4v) is 1.26. The van der Waals surface area contributed by atoms with Crippen molar-refractivity contribution in [3.63, 3.8) is 0 Å². The molecule has 1 heterocycles. The summed E-state index contributed by atoms with van der Waals surface area (Å²) in [6, 6.07) is 1.94. The number of aliphatic hydroxyl groups is 1. The van der Waals surface area contributed by atoms with Gasteiger partial charge in [-0.15, -0.1) is 0 Å². The molecule has 0 bridgehead atoms. The van der Waals surface area contributed by atoms with Gasteiger partial charge in [0.25, 0.3) is 0 Å². The maximum absolute atomic E-state index is 9.11. The predicted molar refractivity (Wildman–Crippen MR) is 65.3 cm³/mol. The van der Waals surface area contributed by atoms with Crippen molar-refractivity contribution in [1.82, 2.24) is 4.98 Å². The maximum atomic E-state index is 9.11. The highest BCUT2D eigenvalue weighted by Crippen LogP contribution is 2.14. The molecule has 1 aromatic heterocycles. The van der Waals surface area contributed by atoms with Crippen LogP contribution in [-0.4, -0.2) is 22.3 Å². The van der Waals surface area contributed by atoms with E-state index in [2.05, 4.69) is 4.98 Å². The molecule has 0 aromatic carbocycles. The maximum Gasteiger partial charge on any atom is 0.138 e. The Labute approximate surface area is 96.8 Å². The van der Waals surface area contributed by atoms with E-state index < -0.39 is 0 Å². The molecule has 88 valence electrons. The highest BCUT2D eigenvalue weighted by atomic mass is 16.5. The fraction of sp³-hybridized carbons (Fsp3) is 0.462. The van der Waals surface area contributed by atoms with Crippen LogP contribution in [0, 0.1) is 0 Å². The third-order valence-corrected chi connectivity index (χ3v) is 1.89. The summed E-state index contributed by atoms with van der Waals surface area (Å²) in [7, 11) is 0. The van der Waals surface area contributed by atoms with Crippen LogP contribution in [0.4, 0.5) is 0 Å². The van der Waals surface area contributed by atoms with E-state index in [-0.39, 0.29) is 12.2 Å². The first-order valence-electron chi connectivity index (χ1n) is 5.54. The summed E-state index contributed by atoms with van der Waals surface area (Å²) in [5.41, 5.74) is 0.985. The molecule has 1 aromatic rings. The smallest absolute Gasteiger partial charge is 0.138 e. The standard InChI is InChI=1S/C13H19NO2/c1-10(2)16-13-7-12(8-14-9-13)6-4-5-11(3)15/h4,6-11,15H,5H2,1-3H3. The minimum absolute atomic E-state index is 0.151. The molecule has 3 nitrogen and oxygen atoms in total. The topological polar surface area (TPSA) is 42.4 Å². The van der Waals surface area contributed by atoms with E-state index in [9.17, 15) is 0 Å². The molecule has 0 saturated carbocycles. The van der Waals surface area contributed by atoms with Crippen LogP contribution in [0.25, 0.3) is 6.08 Å². The zero-order valence-electron chi connectivity index (χ0n) is 10.1. The van der Waals surface area contributed by atoms with Crippen molar-refractivity contribution in [3.8, 4) is 5.75 Å². The van der Waals surface area contributed by atoms with Gasteiger partial charge in [0.05, 0.1) is 18.4 Å². The van der Waals surface area contributed by atoms with Crippen molar-refractivity contribution in [1.29, 1.82) is 0 Å². The summed E-state index contributed by atoms with van der Waals surface area (Å²) in [5.74, 6) is 0.772. The molecular formula is C13H19NO2. The Bertz CT molecular complexity index is 346. The van der Waals surface area contributed by atoms with Gasteiger partial charge in [0.2, 0.25) is 0 Å². The minimum Gasteiger partial charge on any atom is -0.489 e. The normalized spacial score (nSPS) is 13.3. The first-order chi connectivity index (χ1) is 7.58. The lowest BCUT2D eigenvalue weighted by Gasteiger charge is -2.09. The summed E-state index contributed by atoms with van der Waals surface area (Å²) in [6.45, 7) is 5.73. The number of nitrogens with zero attached hydrogens (tertiary/aromatic N) is 1. The molecule has 0 aliphatic heterocycles. The van der Waals surface area contributed by atoms with Gasteiger partial charge in [-0.05, 0) is 38.8 Å². The first-order valence-corrected chi connectivity index (χ1v) is 5.54. The fourth-order valence-electron chi connectivity index (χ4n) is 1.26. The van der Waals surface area contributed by atoms with Gasteiger partial charge in [0.1, 0.15) is 5.75 Å². The molecule has 0 spiro atoms. The van der Waals surface area contributed by atoms with Crippen molar-refractivity contribution >= 4 is 6.08 Å². The average molecular weight is 221 g/mol. The van der Waals surface area contributed by atoms with E-state index in [1.165, 1.54) is 0 Å². The third-order valence-electron chi connectivity index (χ3n) is 1.89. The van der Waals surface area contributed by atoms with E-state index >= 15 is 0 Å². The molecule has 1 rings (SSSR count). The van der Waals surface area contributed by atoms with Gasteiger partial charge in [0.15, 0.2) is 0 Å². The van der Waals surface area contributed by atoms with Crippen LogP contribution in [-0.2, 0) is 0 Å². The monoisotopic (exact) mass is 221 g/mol. The van der Waals surface area contributed by atoms with Gasteiger partial charge in [-0.25, -0.2) is 0 Å². The van der Waals surface area contributed by atoms with Crippen LogP contribution in [0.15, 0.2) is 24.5 Å². The third kappa shape index (κ3) is 4.94. The Hall–Kier alpha value is -1.35. The molecule has 16 heavy (non-hydrogen) atoms. The van der Waals surface area contributed by atoms with E-state index in [0.29, 0.717) is 6.42 Å². The zero-order chi connectivity index (χ0) is 12.0. The van der Waals surface area contributed by atoms with Crippen LogP contribution in [0.2, 0.25) is 0 Å². The lowest BCUT2D eigenvalue weighted by atomic mass is 10.2. The Kier molecular flexibility index (Phi) is 4.99. The van der Waals surface area contributed by atoms with E-state index in [1.54, 1.807) is 19.3 Å². The van der Waals surface area contributed by atoms with Crippen LogP contribution >= 0.6 is 0 Å². The summed E-state index contributed by atoms with van der Waals surface area (Å²) < 4.78 is 5.54. The highest BCUT2D eigenvalue weighted by Gasteiger charge is 1.98. The number of ether oxygens (including phenoxy) is 1. The first kappa shape index (κ1) is 12.7. The van der Waals surface area contributed by atoms with Crippen molar-refractivity contribution in [3.05, 3.63) is 30.1 Å². The van der Waals surface area contributed by atoms with Crippen molar-refractivity contribution < 1.29 is 9.84 Å². The number of aliphatic hydroxyl groups excluding tert-OH is 1. The number of aromatic nitrogens is 1. The van der Waals surface area contributed by atoms with Crippen molar-refractivity contribution in [2.75, 3.05) is 0 Å². The molecule has 1 unspecified atom stereocenters. The van der Waals surface area contributed by atoms with Gasteiger partial charge < -0.3 is 9.84 Å². The molecule has 0 aliphatic carbocycles. The molecular weight excluding hydrogens is 202 g/mol. The van der Waals surface area contributed by atoms with Gasteiger partial charge in [-0.3, -0.25) is 4.98 Å². The molecule has 0 aliphatic rings. The Morgan fingerprint density at radius 3 is 2.75 bits per heavy atom. The Morgan fingerprint density at radius 2 is 2.12 bits per heavy atom. The van der Waals surface area contributed by atoms with E-state index in [4.69, 9.17) is 9.84 Å². The second kappa shape index (κ2) is 6.28. The number of pyridine rings is 1. The number of hydrogen-bond donors (Lipinski definition) is 1. The van der Waals surface area contributed by atoms with Gasteiger partial charge in [-0.2, -0.15) is 0 Å². The Morgan fingerprint density at radius 1 is 1.38 bits per heavy atom. The van der Waals surface area contributed by atoms with E-state index in [1.807, 2.05) is 32.1 Å². The highest BCUT2D eigenvalue weighted by molar-refractivity contribution is 5.49. The number of hydrogen-bond acceptors (Lipinski definition) is 3. The molecule has 3 heteroatoms. The van der Waals surface area contributed by atoms with Crippen molar-refractivity contribution in [2.24, 2.45) is 0 Å². The summed E-state index contributed by atoms with van der Waals surface area (Å²) in [5, 5.41) is 9.11. The van der Waals surface area contributed by atoms with Crippen LogP contribution in [0.3, 0.4) is 0 Å². The number of rotatable bonds is 5. The molecule has 1 N–H and O–H groups in total. The SMILES string of the molecule is CC(O)CC=Cc1cncc(OC(C)C)c1. The van der Waals surface area contributed by atoms with Crippen LogP contribution < -0.4 is 4.74 Å². The van der Waals surface area contributed by atoms with E-state index in [0.717, 1.165) is 11.3 Å². The summed E-state index contributed by atoms with van der Waals surface area (Å²) >= 11 is 0. The Balaban J connectivity index is 2.63. The van der Waals surface area contributed by atoms with Crippen LogP contribution in [0.1, 0.15) is 32.8 Å². The van der Waals surface area contributed by atoms with Gasteiger partial charge >= 0.3 is 0 Å². The second-order valence-electron chi connectivity index (χ2n) is 4.11.